The van der Waals surface area contributed by atoms with Crippen molar-refractivity contribution in [1.82, 2.24) is 4.57 Å². The maximum absolute atomic E-state index is 4.17. The quantitative estimate of drug-likeness (QED) is 0.186. The first-order chi connectivity index (χ1) is 22.3. The third kappa shape index (κ3) is 4.08. The number of para-hydroxylation sites is 1. The fourth-order valence-electron chi connectivity index (χ4n) is 6.97. The van der Waals surface area contributed by atoms with Crippen LogP contribution in [0.15, 0.2) is 168 Å². The lowest BCUT2D eigenvalue weighted by Gasteiger charge is -2.28. The molecule has 0 N–H and O–H groups in total. The van der Waals surface area contributed by atoms with Crippen molar-refractivity contribution in [3.63, 3.8) is 0 Å². The van der Waals surface area contributed by atoms with Crippen LogP contribution in [0.2, 0.25) is 0 Å². The molecule has 9 rings (SSSR count). The first-order valence-corrected chi connectivity index (χ1v) is 16.0. The Morgan fingerprint density at radius 2 is 1.02 bits per heavy atom. The molecular formula is C42H27BrN2. The Labute approximate surface area is 269 Å². The molecule has 0 saturated heterocycles. The van der Waals surface area contributed by atoms with E-state index in [-0.39, 0.29) is 0 Å². The van der Waals surface area contributed by atoms with Gasteiger partial charge < -0.3 is 9.47 Å². The van der Waals surface area contributed by atoms with Crippen molar-refractivity contribution < 1.29 is 0 Å². The highest BCUT2D eigenvalue weighted by molar-refractivity contribution is 9.10. The highest BCUT2D eigenvalue weighted by atomic mass is 79.9. The summed E-state index contributed by atoms with van der Waals surface area (Å²) >= 11 is 4.17. The summed E-state index contributed by atoms with van der Waals surface area (Å²) in [4.78, 5) is 2.37. The zero-order chi connectivity index (χ0) is 29.9. The van der Waals surface area contributed by atoms with E-state index >= 15 is 0 Å². The second-order valence-corrected chi connectivity index (χ2v) is 12.3. The molecule has 1 heterocycles. The second-order valence-electron chi connectivity index (χ2n) is 11.5. The number of aromatic nitrogens is 1. The number of halogens is 1. The van der Waals surface area contributed by atoms with Crippen LogP contribution in [0.4, 0.5) is 17.1 Å². The lowest BCUT2D eigenvalue weighted by Crippen LogP contribution is -2.12. The molecule has 9 aromatic rings. The largest absolute Gasteiger partial charge is 0.309 e. The van der Waals surface area contributed by atoms with Crippen LogP contribution >= 0.6 is 15.9 Å². The molecule has 1 aromatic heterocycles. The van der Waals surface area contributed by atoms with Crippen molar-refractivity contribution in [2.24, 2.45) is 0 Å². The third-order valence-electron chi connectivity index (χ3n) is 8.98. The average Bonchev–Trinajstić information content (AvgIpc) is 3.42. The van der Waals surface area contributed by atoms with E-state index in [0.717, 1.165) is 27.2 Å². The maximum Gasteiger partial charge on any atom is 0.0656 e. The van der Waals surface area contributed by atoms with E-state index in [1.807, 2.05) is 0 Å². The van der Waals surface area contributed by atoms with Crippen LogP contribution < -0.4 is 4.90 Å². The minimum Gasteiger partial charge on any atom is -0.309 e. The van der Waals surface area contributed by atoms with E-state index < -0.39 is 0 Å². The van der Waals surface area contributed by atoms with Gasteiger partial charge in [-0.2, -0.15) is 0 Å². The van der Waals surface area contributed by atoms with E-state index in [1.165, 1.54) is 54.1 Å². The highest BCUT2D eigenvalue weighted by Crippen LogP contribution is 2.46. The first kappa shape index (κ1) is 26.1. The SMILES string of the molecule is Brc1c(N(c2ccccc2)c2cccc3ccccc23)cccc1-n1c2cc3ccccc3cc2c2c3ccccc3ccc21. The maximum atomic E-state index is 4.17. The Hall–Kier alpha value is -5.38. The molecule has 0 bridgehead atoms. The molecule has 0 unspecified atom stereocenters. The van der Waals surface area contributed by atoms with Gasteiger partial charge in [-0.25, -0.2) is 0 Å². The monoisotopic (exact) mass is 638 g/mol. The van der Waals surface area contributed by atoms with E-state index in [9.17, 15) is 0 Å². The van der Waals surface area contributed by atoms with E-state index in [4.69, 9.17) is 0 Å². The zero-order valence-corrected chi connectivity index (χ0v) is 25.9. The third-order valence-corrected chi connectivity index (χ3v) is 9.80. The van der Waals surface area contributed by atoms with Crippen LogP contribution in [-0.4, -0.2) is 4.57 Å². The fourth-order valence-corrected chi connectivity index (χ4v) is 7.59. The summed E-state index contributed by atoms with van der Waals surface area (Å²) in [5, 5.41) is 9.94. The van der Waals surface area contributed by atoms with Crippen LogP contribution in [0, 0.1) is 0 Å². The van der Waals surface area contributed by atoms with E-state index in [2.05, 4.69) is 189 Å². The summed E-state index contributed by atoms with van der Waals surface area (Å²) in [7, 11) is 0. The van der Waals surface area contributed by atoms with Gasteiger partial charge in [0, 0.05) is 21.8 Å². The Balaban J connectivity index is 1.37. The Kier molecular flexibility index (Phi) is 6.00. The average molecular weight is 640 g/mol. The van der Waals surface area contributed by atoms with Gasteiger partial charge in [0.1, 0.15) is 0 Å². The van der Waals surface area contributed by atoms with Gasteiger partial charge in [-0.1, -0.05) is 115 Å². The van der Waals surface area contributed by atoms with Gasteiger partial charge in [0.15, 0.2) is 0 Å². The zero-order valence-electron chi connectivity index (χ0n) is 24.4. The molecule has 0 fully saturated rings. The van der Waals surface area contributed by atoms with Gasteiger partial charge in [0.25, 0.3) is 0 Å². The van der Waals surface area contributed by atoms with Crippen LogP contribution in [0.1, 0.15) is 0 Å². The number of nitrogens with zero attached hydrogens (tertiary/aromatic N) is 2. The number of hydrogen-bond acceptors (Lipinski definition) is 1. The molecule has 0 radical (unpaired) electrons. The van der Waals surface area contributed by atoms with Gasteiger partial charge in [0.05, 0.1) is 32.6 Å². The highest BCUT2D eigenvalue weighted by Gasteiger charge is 2.22. The molecule has 2 nitrogen and oxygen atoms in total. The number of anilines is 3. The van der Waals surface area contributed by atoms with Gasteiger partial charge in [-0.3, -0.25) is 0 Å². The molecule has 0 aliphatic heterocycles. The van der Waals surface area contributed by atoms with Gasteiger partial charge >= 0.3 is 0 Å². The molecule has 3 heteroatoms. The minimum atomic E-state index is 1.03. The predicted octanol–water partition coefficient (Wildman–Crippen LogP) is 12.5. The topological polar surface area (TPSA) is 8.17 Å². The molecule has 45 heavy (non-hydrogen) atoms. The molecule has 0 aliphatic rings. The molecule has 0 atom stereocenters. The minimum absolute atomic E-state index is 1.03. The summed E-state index contributed by atoms with van der Waals surface area (Å²) in [5.41, 5.74) is 6.79. The predicted molar refractivity (Wildman–Crippen MR) is 196 cm³/mol. The van der Waals surface area contributed by atoms with Crippen molar-refractivity contribution in [1.29, 1.82) is 0 Å². The molecular weight excluding hydrogens is 612 g/mol. The number of rotatable bonds is 4. The van der Waals surface area contributed by atoms with Crippen LogP contribution in [0.3, 0.4) is 0 Å². The van der Waals surface area contributed by atoms with Crippen LogP contribution in [-0.2, 0) is 0 Å². The van der Waals surface area contributed by atoms with Crippen molar-refractivity contribution in [3.05, 3.63) is 168 Å². The number of hydrogen-bond donors (Lipinski definition) is 0. The smallest absolute Gasteiger partial charge is 0.0656 e. The van der Waals surface area contributed by atoms with Gasteiger partial charge in [-0.05, 0) is 91.4 Å². The Bertz CT molecular complexity index is 2560. The fraction of sp³-hybridized carbons (Fsp3) is 0. The summed E-state index contributed by atoms with van der Waals surface area (Å²) < 4.78 is 3.46. The summed E-state index contributed by atoms with van der Waals surface area (Å²) in [6.07, 6.45) is 0. The summed E-state index contributed by atoms with van der Waals surface area (Å²) in [5.74, 6) is 0. The molecule has 0 amide bonds. The second kappa shape index (κ2) is 10.4. The van der Waals surface area contributed by atoms with Crippen molar-refractivity contribution in [2.75, 3.05) is 4.90 Å². The van der Waals surface area contributed by atoms with Crippen LogP contribution in [0.25, 0.3) is 59.8 Å². The van der Waals surface area contributed by atoms with Crippen molar-refractivity contribution in [2.45, 2.75) is 0 Å². The molecule has 8 aromatic carbocycles. The van der Waals surface area contributed by atoms with Gasteiger partial charge in [0.2, 0.25) is 0 Å². The summed E-state index contributed by atoms with van der Waals surface area (Å²) in [6, 6.07) is 59.0. The molecule has 0 saturated carbocycles. The lowest BCUT2D eigenvalue weighted by molar-refractivity contribution is 1.16. The van der Waals surface area contributed by atoms with Crippen LogP contribution in [0.5, 0.6) is 0 Å². The Morgan fingerprint density at radius 3 is 1.82 bits per heavy atom. The Morgan fingerprint density at radius 1 is 0.422 bits per heavy atom. The first-order valence-electron chi connectivity index (χ1n) is 15.2. The van der Waals surface area contributed by atoms with Gasteiger partial charge in [-0.15, -0.1) is 0 Å². The standard InChI is InChI=1S/C42H27BrN2/c43-42-38(44(32-17-2-1-3-18-32)36-21-10-16-28-12-6-8-19-33(28)36)22-11-23-39(42)45-37-25-24-29-13-7-9-20-34(29)41(37)35-26-30-14-4-5-15-31(30)27-40(35)45/h1-27H. The van der Waals surface area contributed by atoms with Crippen molar-refractivity contribution in [3.8, 4) is 5.69 Å². The van der Waals surface area contributed by atoms with Crippen molar-refractivity contribution >= 4 is 87.1 Å². The normalized spacial score (nSPS) is 11.7. The lowest BCUT2D eigenvalue weighted by atomic mass is 10.0. The molecule has 212 valence electrons. The van der Waals surface area contributed by atoms with E-state index in [1.54, 1.807) is 0 Å². The molecule has 0 spiro atoms. The summed E-state index contributed by atoms with van der Waals surface area (Å²) in [6.45, 7) is 0. The van der Waals surface area contributed by atoms with E-state index in [0.29, 0.717) is 0 Å². The molecule has 0 aliphatic carbocycles. The number of fused-ring (bicyclic) bond motifs is 7. The number of benzene rings is 8.